The minimum absolute atomic E-state index is 0.0574. The Kier molecular flexibility index (Phi) is 5.29. The van der Waals surface area contributed by atoms with E-state index < -0.39 is 0 Å². The molecule has 4 nitrogen and oxygen atoms in total. The van der Waals surface area contributed by atoms with Gasteiger partial charge in [-0.15, -0.1) is 0 Å². The van der Waals surface area contributed by atoms with Gasteiger partial charge in [0.15, 0.2) is 0 Å². The second kappa shape index (κ2) is 7.62. The third kappa shape index (κ3) is 4.15. The van der Waals surface area contributed by atoms with Crippen LogP contribution < -0.4 is 10.6 Å². The summed E-state index contributed by atoms with van der Waals surface area (Å²) in [5.74, 6) is 0.519. The Balaban J connectivity index is 1.82. The summed E-state index contributed by atoms with van der Waals surface area (Å²) in [7, 11) is 0. The maximum absolute atomic E-state index is 12.7. The van der Waals surface area contributed by atoms with E-state index in [1.54, 1.807) is 0 Å². The largest absolute Gasteiger partial charge is 0.348 e. The molecule has 130 valence electrons. The van der Waals surface area contributed by atoms with Gasteiger partial charge in [-0.3, -0.25) is 4.79 Å². The van der Waals surface area contributed by atoms with Gasteiger partial charge in [-0.05, 0) is 37.6 Å². The minimum Gasteiger partial charge on any atom is -0.348 e. The third-order valence-corrected chi connectivity index (χ3v) is 4.17. The standard InChI is InChI=1S/C21H25N3O/c1-14(2)12-22-13-15(3)23-21(25)18-9-6-8-17-11-16-7-4-5-10-19(16)24-20(17)18/h4-11,14-15,22H,12-13H2,1-3H3,(H,23,25). The molecular weight excluding hydrogens is 310 g/mol. The molecule has 2 N–H and O–H groups in total. The van der Waals surface area contributed by atoms with Crippen molar-refractivity contribution in [2.24, 2.45) is 5.92 Å². The number of nitrogens with one attached hydrogen (secondary N) is 2. The number of hydrogen-bond donors (Lipinski definition) is 2. The fourth-order valence-electron chi connectivity index (χ4n) is 2.93. The van der Waals surface area contributed by atoms with Crippen LogP contribution in [-0.2, 0) is 0 Å². The van der Waals surface area contributed by atoms with Crippen molar-refractivity contribution < 1.29 is 4.79 Å². The van der Waals surface area contributed by atoms with Crippen LogP contribution in [0, 0.1) is 5.92 Å². The number of amides is 1. The molecule has 0 saturated carbocycles. The Morgan fingerprint density at radius 1 is 1.00 bits per heavy atom. The number of carbonyl (C=O) groups is 1. The first-order chi connectivity index (χ1) is 12.0. The summed E-state index contributed by atoms with van der Waals surface area (Å²) >= 11 is 0. The molecule has 4 heteroatoms. The number of fused-ring (bicyclic) bond motifs is 2. The average Bonchev–Trinajstić information content (AvgIpc) is 2.59. The van der Waals surface area contributed by atoms with Crippen molar-refractivity contribution in [3.8, 4) is 0 Å². The van der Waals surface area contributed by atoms with Gasteiger partial charge in [0.2, 0.25) is 0 Å². The quantitative estimate of drug-likeness (QED) is 0.675. The van der Waals surface area contributed by atoms with Gasteiger partial charge in [0.1, 0.15) is 0 Å². The molecule has 2 aromatic carbocycles. The van der Waals surface area contributed by atoms with Crippen LogP contribution in [0.3, 0.4) is 0 Å². The van der Waals surface area contributed by atoms with E-state index in [4.69, 9.17) is 4.98 Å². The van der Waals surface area contributed by atoms with E-state index in [1.807, 2.05) is 49.4 Å². The number of nitrogens with zero attached hydrogens (tertiary/aromatic N) is 1. The Morgan fingerprint density at radius 2 is 1.76 bits per heavy atom. The molecule has 3 aromatic rings. The first-order valence-electron chi connectivity index (χ1n) is 8.84. The van der Waals surface area contributed by atoms with Crippen molar-refractivity contribution in [3.05, 3.63) is 54.1 Å². The predicted molar refractivity (Wildman–Crippen MR) is 104 cm³/mol. The molecular formula is C21H25N3O. The number of rotatable bonds is 6. The van der Waals surface area contributed by atoms with E-state index in [0.717, 1.165) is 34.9 Å². The molecule has 0 fully saturated rings. The monoisotopic (exact) mass is 335 g/mol. The normalized spacial score (nSPS) is 12.6. The Morgan fingerprint density at radius 3 is 2.56 bits per heavy atom. The van der Waals surface area contributed by atoms with E-state index in [1.165, 1.54) is 0 Å². The highest BCUT2D eigenvalue weighted by atomic mass is 16.1. The second-order valence-corrected chi connectivity index (χ2v) is 6.98. The molecule has 3 rings (SSSR count). The SMILES string of the molecule is CC(C)CNCC(C)NC(=O)c1cccc2cc3ccccc3nc12. The van der Waals surface area contributed by atoms with Crippen molar-refractivity contribution in [2.75, 3.05) is 13.1 Å². The zero-order chi connectivity index (χ0) is 17.8. The number of aromatic nitrogens is 1. The summed E-state index contributed by atoms with van der Waals surface area (Å²) in [4.78, 5) is 17.4. The molecule has 0 aliphatic carbocycles. The zero-order valence-corrected chi connectivity index (χ0v) is 15.0. The molecule has 1 atom stereocenters. The van der Waals surface area contributed by atoms with Crippen LogP contribution >= 0.6 is 0 Å². The first-order valence-corrected chi connectivity index (χ1v) is 8.84. The number of benzene rings is 2. The van der Waals surface area contributed by atoms with Crippen LogP contribution in [0.15, 0.2) is 48.5 Å². The molecule has 0 radical (unpaired) electrons. The number of carbonyl (C=O) groups excluding carboxylic acids is 1. The zero-order valence-electron chi connectivity index (χ0n) is 15.0. The van der Waals surface area contributed by atoms with Gasteiger partial charge in [0, 0.05) is 23.4 Å². The molecule has 25 heavy (non-hydrogen) atoms. The smallest absolute Gasteiger partial charge is 0.253 e. The molecule has 1 heterocycles. The Bertz CT molecular complexity index is 889. The highest BCUT2D eigenvalue weighted by molar-refractivity contribution is 6.07. The predicted octanol–water partition coefficient (Wildman–Crippen LogP) is 3.75. The van der Waals surface area contributed by atoms with E-state index in [2.05, 4.69) is 30.5 Å². The lowest BCUT2D eigenvalue weighted by Gasteiger charge is -2.16. The molecule has 0 aliphatic rings. The lowest BCUT2D eigenvalue weighted by atomic mass is 10.1. The lowest BCUT2D eigenvalue weighted by molar-refractivity contribution is 0.0941. The van der Waals surface area contributed by atoms with Crippen molar-refractivity contribution in [1.82, 2.24) is 15.6 Å². The molecule has 0 spiro atoms. The van der Waals surface area contributed by atoms with E-state index >= 15 is 0 Å². The van der Waals surface area contributed by atoms with Crippen molar-refractivity contribution in [3.63, 3.8) is 0 Å². The Hall–Kier alpha value is -2.46. The van der Waals surface area contributed by atoms with Gasteiger partial charge in [0.25, 0.3) is 5.91 Å². The molecule has 0 saturated heterocycles. The molecule has 0 aliphatic heterocycles. The fourth-order valence-corrected chi connectivity index (χ4v) is 2.93. The van der Waals surface area contributed by atoms with E-state index in [9.17, 15) is 4.79 Å². The van der Waals surface area contributed by atoms with Crippen molar-refractivity contribution in [1.29, 1.82) is 0 Å². The van der Waals surface area contributed by atoms with Gasteiger partial charge >= 0.3 is 0 Å². The van der Waals surface area contributed by atoms with Crippen LogP contribution in [0.5, 0.6) is 0 Å². The third-order valence-electron chi connectivity index (χ3n) is 4.17. The van der Waals surface area contributed by atoms with E-state index in [0.29, 0.717) is 11.5 Å². The maximum atomic E-state index is 12.7. The summed E-state index contributed by atoms with van der Waals surface area (Å²) in [5.41, 5.74) is 2.28. The van der Waals surface area contributed by atoms with Gasteiger partial charge < -0.3 is 10.6 Å². The molecule has 1 aromatic heterocycles. The molecule has 1 unspecified atom stereocenters. The summed E-state index contributed by atoms with van der Waals surface area (Å²) in [5, 5.41) is 8.51. The van der Waals surface area contributed by atoms with Crippen molar-refractivity contribution >= 4 is 27.7 Å². The number of para-hydroxylation sites is 2. The van der Waals surface area contributed by atoms with E-state index in [-0.39, 0.29) is 11.9 Å². The number of hydrogen-bond acceptors (Lipinski definition) is 3. The topological polar surface area (TPSA) is 54.0 Å². The molecule has 1 amide bonds. The van der Waals surface area contributed by atoms with Crippen LogP contribution in [0.4, 0.5) is 0 Å². The Labute approximate surface area is 148 Å². The average molecular weight is 335 g/mol. The van der Waals surface area contributed by atoms with Crippen LogP contribution in [-0.4, -0.2) is 30.0 Å². The summed E-state index contributed by atoms with van der Waals surface area (Å²) in [6, 6.07) is 15.9. The van der Waals surface area contributed by atoms with Gasteiger partial charge in [-0.1, -0.05) is 44.2 Å². The first kappa shape index (κ1) is 17.4. The second-order valence-electron chi connectivity index (χ2n) is 6.98. The summed E-state index contributed by atoms with van der Waals surface area (Å²) < 4.78 is 0. The van der Waals surface area contributed by atoms with Gasteiger partial charge in [-0.25, -0.2) is 4.98 Å². The van der Waals surface area contributed by atoms with Crippen LogP contribution in [0.1, 0.15) is 31.1 Å². The fraction of sp³-hybridized carbons (Fsp3) is 0.333. The van der Waals surface area contributed by atoms with Gasteiger partial charge in [0.05, 0.1) is 16.6 Å². The minimum atomic E-state index is -0.0766. The highest BCUT2D eigenvalue weighted by Crippen LogP contribution is 2.22. The highest BCUT2D eigenvalue weighted by Gasteiger charge is 2.14. The maximum Gasteiger partial charge on any atom is 0.253 e. The number of pyridine rings is 1. The van der Waals surface area contributed by atoms with Crippen LogP contribution in [0.25, 0.3) is 21.8 Å². The molecule has 0 bridgehead atoms. The van der Waals surface area contributed by atoms with Gasteiger partial charge in [-0.2, -0.15) is 0 Å². The summed E-state index contributed by atoms with van der Waals surface area (Å²) in [6.45, 7) is 8.05. The lowest BCUT2D eigenvalue weighted by Crippen LogP contribution is -2.40. The van der Waals surface area contributed by atoms with Crippen LogP contribution in [0.2, 0.25) is 0 Å². The van der Waals surface area contributed by atoms with Crippen molar-refractivity contribution in [2.45, 2.75) is 26.8 Å². The summed E-state index contributed by atoms with van der Waals surface area (Å²) in [6.07, 6.45) is 0.